The van der Waals surface area contributed by atoms with Crippen molar-refractivity contribution in [3.05, 3.63) is 59.9 Å². The Morgan fingerprint density at radius 1 is 1.17 bits per heavy atom. The van der Waals surface area contributed by atoms with Crippen LogP contribution in [0.3, 0.4) is 0 Å². The Labute approximate surface area is 141 Å². The van der Waals surface area contributed by atoms with Crippen molar-refractivity contribution in [2.75, 3.05) is 13.7 Å². The van der Waals surface area contributed by atoms with Crippen LogP contribution in [0.5, 0.6) is 17.2 Å². The molecule has 0 saturated heterocycles. The molecule has 0 aliphatic rings. The molecular formula is C19H20O5. The summed E-state index contributed by atoms with van der Waals surface area (Å²) in [5.74, 6) is 0.850. The summed E-state index contributed by atoms with van der Waals surface area (Å²) in [6, 6.07) is 12.6. The van der Waals surface area contributed by atoms with E-state index in [0.29, 0.717) is 35.0 Å². The van der Waals surface area contributed by atoms with Gasteiger partial charge in [-0.15, -0.1) is 0 Å². The van der Waals surface area contributed by atoms with Gasteiger partial charge < -0.3 is 19.3 Å². The average Bonchev–Trinajstić information content (AvgIpc) is 2.55. The normalized spacial score (nSPS) is 11.0. The minimum Gasteiger partial charge on any atom is -0.503 e. The molecule has 0 heterocycles. The Morgan fingerprint density at radius 2 is 1.88 bits per heavy atom. The van der Waals surface area contributed by atoms with Gasteiger partial charge in [0.05, 0.1) is 20.0 Å². The molecule has 1 N–H and O–H groups in total. The maximum absolute atomic E-state index is 11.4. The molecule has 0 saturated carbocycles. The van der Waals surface area contributed by atoms with Crippen molar-refractivity contribution in [2.45, 2.75) is 13.8 Å². The van der Waals surface area contributed by atoms with Gasteiger partial charge in [0.2, 0.25) is 0 Å². The lowest BCUT2D eigenvalue weighted by Crippen LogP contribution is -2.03. The predicted molar refractivity (Wildman–Crippen MR) is 91.5 cm³/mol. The summed E-state index contributed by atoms with van der Waals surface area (Å²) in [6.07, 6.45) is 1.21. The topological polar surface area (TPSA) is 65.0 Å². The van der Waals surface area contributed by atoms with Gasteiger partial charge in [-0.25, -0.2) is 4.79 Å². The zero-order chi connectivity index (χ0) is 17.5. The highest BCUT2D eigenvalue weighted by Crippen LogP contribution is 2.32. The summed E-state index contributed by atoms with van der Waals surface area (Å²) in [6.45, 7) is 4.29. The number of methoxy groups -OCH3 is 1. The van der Waals surface area contributed by atoms with E-state index in [9.17, 15) is 9.90 Å². The van der Waals surface area contributed by atoms with Crippen molar-refractivity contribution < 1.29 is 24.1 Å². The lowest BCUT2D eigenvalue weighted by molar-refractivity contribution is -0.130. The average molecular weight is 328 g/mol. The van der Waals surface area contributed by atoms with Crippen LogP contribution in [0.2, 0.25) is 0 Å². The van der Waals surface area contributed by atoms with Gasteiger partial charge in [0, 0.05) is 6.07 Å². The third-order valence-electron chi connectivity index (χ3n) is 3.38. The molecule has 0 radical (unpaired) electrons. The van der Waals surface area contributed by atoms with Gasteiger partial charge in [-0.1, -0.05) is 18.2 Å². The number of aliphatic carboxylic acids is 1. The highest BCUT2D eigenvalue weighted by molar-refractivity contribution is 6.15. The smallest absolute Gasteiger partial charge is 0.339 e. The number of carboxylic acid groups (broad SMARTS) is 1. The lowest BCUT2D eigenvalue weighted by Gasteiger charge is -2.13. The molecule has 0 spiro atoms. The van der Waals surface area contributed by atoms with Gasteiger partial charge in [0.25, 0.3) is 0 Å². The summed E-state index contributed by atoms with van der Waals surface area (Å²) < 4.78 is 16.2. The summed E-state index contributed by atoms with van der Waals surface area (Å²) in [7, 11) is 1.41. The van der Waals surface area contributed by atoms with Gasteiger partial charge in [0.15, 0.2) is 0 Å². The molecule has 0 bridgehead atoms. The molecule has 0 aromatic heterocycles. The monoisotopic (exact) mass is 328 g/mol. The molecule has 2 rings (SSSR count). The second-order valence-corrected chi connectivity index (χ2v) is 5.01. The standard InChI is InChI=1S/C19H20O5/c1-4-23-14-7-5-8-15(11-14)24-18-10-6-9-16(13(18)2)17(12-22-3)19(20)21/h5-12H,4H2,1-3H3,(H,20,21)/b17-12+. The Bertz CT molecular complexity index is 749. The van der Waals surface area contributed by atoms with E-state index in [1.54, 1.807) is 24.3 Å². The molecule has 2 aromatic carbocycles. The minimum atomic E-state index is -1.06. The molecule has 5 heteroatoms. The number of rotatable bonds is 7. The highest BCUT2D eigenvalue weighted by atomic mass is 16.5. The molecule has 5 nitrogen and oxygen atoms in total. The molecule has 2 aromatic rings. The predicted octanol–water partition coefficient (Wildman–Crippen LogP) is 4.26. The first-order chi connectivity index (χ1) is 11.6. The molecule has 126 valence electrons. The molecule has 0 unspecified atom stereocenters. The van der Waals surface area contributed by atoms with Gasteiger partial charge in [-0.2, -0.15) is 0 Å². The Kier molecular flexibility index (Phi) is 5.84. The molecule has 0 atom stereocenters. The number of benzene rings is 2. The Balaban J connectivity index is 2.36. The van der Waals surface area contributed by atoms with Crippen LogP contribution in [0.25, 0.3) is 5.57 Å². The van der Waals surface area contributed by atoms with Gasteiger partial charge in [-0.3, -0.25) is 0 Å². The van der Waals surface area contributed by atoms with Crippen molar-refractivity contribution in [1.82, 2.24) is 0 Å². The SMILES string of the molecule is CCOc1cccc(Oc2cccc(/C(=C\OC)C(=O)O)c2C)c1. The maximum atomic E-state index is 11.4. The zero-order valence-electron chi connectivity index (χ0n) is 13.9. The van der Waals surface area contributed by atoms with Crippen LogP contribution in [-0.4, -0.2) is 24.8 Å². The van der Waals surface area contributed by atoms with Crippen LogP contribution in [0.4, 0.5) is 0 Å². The highest BCUT2D eigenvalue weighted by Gasteiger charge is 2.16. The largest absolute Gasteiger partial charge is 0.503 e. The first-order valence-electron chi connectivity index (χ1n) is 7.53. The zero-order valence-corrected chi connectivity index (χ0v) is 13.9. The number of carboxylic acids is 1. The van der Waals surface area contributed by atoms with E-state index < -0.39 is 5.97 Å². The van der Waals surface area contributed by atoms with Crippen LogP contribution < -0.4 is 9.47 Å². The lowest BCUT2D eigenvalue weighted by atomic mass is 10.0. The van der Waals surface area contributed by atoms with Gasteiger partial charge in [0.1, 0.15) is 22.8 Å². The summed E-state index contributed by atoms with van der Waals surface area (Å²) in [5, 5.41) is 9.35. The van der Waals surface area contributed by atoms with Crippen LogP contribution in [0, 0.1) is 6.92 Å². The summed E-state index contributed by atoms with van der Waals surface area (Å²) in [4.78, 5) is 11.4. The van der Waals surface area contributed by atoms with E-state index in [1.807, 2.05) is 32.0 Å². The number of hydrogen-bond donors (Lipinski definition) is 1. The summed E-state index contributed by atoms with van der Waals surface area (Å²) in [5.41, 5.74) is 1.33. The summed E-state index contributed by atoms with van der Waals surface area (Å²) >= 11 is 0. The van der Waals surface area contributed by atoms with E-state index >= 15 is 0 Å². The molecule has 0 amide bonds. The van der Waals surface area contributed by atoms with Crippen molar-refractivity contribution >= 4 is 11.5 Å². The van der Waals surface area contributed by atoms with Gasteiger partial charge in [-0.05, 0) is 43.2 Å². The van der Waals surface area contributed by atoms with Crippen LogP contribution in [-0.2, 0) is 9.53 Å². The van der Waals surface area contributed by atoms with Crippen molar-refractivity contribution in [2.24, 2.45) is 0 Å². The Morgan fingerprint density at radius 3 is 2.54 bits per heavy atom. The molecule has 24 heavy (non-hydrogen) atoms. The second kappa shape index (κ2) is 8.06. The third kappa shape index (κ3) is 4.07. The third-order valence-corrected chi connectivity index (χ3v) is 3.38. The van der Waals surface area contributed by atoms with E-state index in [-0.39, 0.29) is 5.57 Å². The second-order valence-electron chi connectivity index (χ2n) is 5.01. The van der Waals surface area contributed by atoms with Crippen LogP contribution in [0.1, 0.15) is 18.1 Å². The fourth-order valence-electron chi connectivity index (χ4n) is 2.28. The van der Waals surface area contributed by atoms with Crippen LogP contribution >= 0.6 is 0 Å². The van der Waals surface area contributed by atoms with Crippen LogP contribution in [0.15, 0.2) is 48.7 Å². The molecular weight excluding hydrogens is 308 g/mol. The van der Waals surface area contributed by atoms with Crippen molar-refractivity contribution in [1.29, 1.82) is 0 Å². The van der Waals surface area contributed by atoms with E-state index in [1.165, 1.54) is 13.4 Å². The van der Waals surface area contributed by atoms with Crippen molar-refractivity contribution in [3.8, 4) is 17.2 Å². The molecule has 0 aliphatic carbocycles. The fraction of sp³-hybridized carbons (Fsp3) is 0.211. The number of carbonyl (C=O) groups is 1. The van der Waals surface area contributed by atoms with E-state index in [0.717, 1.165) is 0 Å². The number of hydrogen-bond acceptors (Lipinski definition) is 4. The molecule has 0 fully saturated rings. The Hall–Kier alpha value is -2.95. The van der Waals surface area contributed by atoms with E-state index in [4.69, 9.17) is 14.2 Å². The minimum absolute atomic E-state index is 0.0727. The van der Waals surface area contributed by atoms with Crippen molar-refractivity contribution in [3.63, 3.8) is 0 Å². The number of ether oxygens (including phenoxy) is 3. The fourth-order valence-corrected chi connectivity index (χ4v) is 2.28. The first-order valence-corrected chi connectivity index (χ1v) is 7.53. The quantitative estimate of drug-likeness (QED) is 0.608. The first kappa shape index (κ1) is 17.4. The molecule has 0 aliphatic heterocycles. The van der Waals surface area contributed by atoms with Gasteiger partial charge >= 0.3 is 5.97 Å². The maximum Gasteiger partial charge on any atom is 0.339 e. The van der Waals surface area contributed by atoms with E-state index in [2.05, 4.69) is 0 Å².